The van der Waals surface area contributed by atoms with Crippen molar-refractivity contribution < 1.29 is 0 Å². The Balaban J connectivity index is 1.20. The van der Waals surface area contributed by atoms with Crippen LogP contribution >= 0.6 is 22.7 Å². The van der Waals surface area contributed by atoms with Crippen LogP contribution in [0.1, 0.15) is 45.8 Å². The minimum absolute atomic E-state index is 0.162. The SMILES string of the molecule is c1ccc(N2N=C(c3cccs3)CC2c2ccc(C3CC(c4cccs4)=NN3c3ccccc3)cc2)cc1. The van der Waals surface area contributed by atoms with Gasteiger partial charge in [-0.05, 0) is 58.3 Å². The maximum atomic E-state index is 5.08. The first-order valence-corrected chi connectivity index (χ1v) is 14.6. The molecule has 0 aliphatic carbocycles. The smallest absolute Gasteiger partial charge is 0.0832 e. The van der Waals surface area contributed by atoms with Gasteiger partial charge in [0, 0.05) is 12.8 Å². The number of nitrogens with zero attached hydrogens (tertiary/aromatic N) is 4. The van der Waals surface area contributed by atoms with E-state index in [0.717, 1.165) is 35.6 Å². The highest BCUT2D eigenvalue weighted by molar-refractivity contribution is 7.12. The fourth-order valence-electron chi connectivity index (χ4n) is 5.30. The molecule has 4 heterocycles. The fraction of sp³-hybridized carbons (Fsp3) is 0.125. The van der Waals surface area contributed by atoms with Gasteiger partial charge in [0.05, 0.1) is 44.6 Å². The molecule has 0 bridgehead atoms. The number of anilines is 2. The second-order valence-corrected chi connectivity index (χ2v) is 11.4. The van der Waals surface area contributed by atoms with Gasteiger partial charge in [-0.1, -0.05) is 72.8 Å². The van der Waals surface area contributed by atoms with Gasteiger partial charge in [0.2, 0.25) is 0 Å². The highest BCUT2D eigenvalue weighted by Crippen LogP contribution is 2.40. The quantitative estimate of drug-likeness (QED) is 0.220. The summed E-state index contributed by atoms with van der Waals surface area (Å²) in [7, 11) is 0. The van der Waals surface area contributed by atoms with Crippen LogP contribution in [0.3, 0.4) is 0 Å². The Bertz CT molecular complexity index is 1440. The van der Waals surface area contributed by atoms with E-state index in [9.17, 15) is 0 Å². The van der Waals surface area contributed by atoms with E-state index in [1.165, 1.54) is 20.9 Å². The summed E-state index contributed by atoms with van der Waals surface area (Å²) in [6, 6.07) is 39.0. The molecule has 5 aromatic rings. The van der Waals surface area contributed by atoms with Crippen LogP contribution in [0.5, 0.6) is 0 Å². The molecule has 38 heavy (non-hydrogen) atoms. The Hall–Kier alpha value is -4.00. The van der Waals surface area contributed by atoms with Crippen LogP contribution in [0, 0.1) is 0 Å². The van der Waals surface area contributed by atoms with Gasteiger partial charge in [-0.3, -0.25) is 10.0 Å². The van der Waals surface area contributed by atoms with Crippen molar-refractivity contribution in [1.29, 1.82) is 0 Å². The molecule has 2 unspecified atom stereocenters. The number of thiophene rings is 2. The van der Waals surface area contributed by atoms with E-state index in [-0.39, 0.29) is 12.1 Å². The summed E-state index contributed by atoms with van der Waals surface area (Å²) in [6.45, 7) is 0. The lowest BCUT2D eigenvalue weighted by Crippen LogP contribution is -2.20. The van der Waals surface area contributed by atoms with Gasteiger partial charge in [0.15, 0.2) is 0 Å². The van der Waals surface area contributed by atoms with Crippen LogP contribution in [-0.4, -0.2) is 11.4 Å². The van der Waals surface area contributed by atoms with Crippen LogP contribution in [0.25, 0.3) is 0 Å². The van der Waals surface area contributed by atoms with Crippen molar-refractivity contribution in [3.8, 4) is 0 Å². The van der Waals surface area contributed by atoms with Crippen LogP contribution in [0.15, 0.2) is 130 Å². The summed E-state index contributed by atoms with van der Waals surface area (Å²) in [5.41, 5.74) is 7.09. The van der Waals surface area contributed by atoms with Gasteiger partial charge in [-0.25, -0.2) is 0 Å². The van der Waals surface area contributed by atoms with E-state index >= 15 is 0 Å². The molecule has 2 aliphatic heterocycles. The Labute approximate surface area is 230 Å². The monoisotopic (exact) mass is 530 g/mol. The molecule has 7 rings (SSSR count). The van der Waals surface area contributed by atoms with Gasteiger partial charge in [0.1, 0.15) is 0 Å². The number of rotatable bonds is 6. The van der Waals surface area contributed by atoms with Crippen LogP contribution in [0.4, 0.5) is 11.4 Å². The first-order chi connectivity index (χ1) is 18.8. The van der Waals surface area contributed by atoms with E-state index in [4.69, 9.17) is 10.2 Å². The molecule has 0 radical (unpaired) electrons. The van der Waals surface area contributed by atoms with Crippen molar-refractivity contribution >= 4 is 45.5 Å². The number of benzene rings is 3. The molecule has 0 saturated heterocycles. The standard InChI is InChI=1S/C32H26N4S2/c1-3-9-25(10-4-1)35-29(21-27(33-35)31-13-7-19-37-31)23-15-17-24(18-16-23)30-22-28(32-14-8-20-38-32)34-36(30)26-11-5-2-6-12-26/h1-20,29-30H,21-22H2. The van der Waals surface area contributed by atoms with E-state index in [0.29, 0.717) is 0 Å². The summed E-state index contributed by atoms with van der Waals surface area (Å²) in [6.07, 6.45) is 1.78. The molecular weight excluding hydrogens is 505 g/mol. The third-order valence-electron chi connectivity index (χ3n) is 7.18. The highest BCUT2D eigenvalue weighted by Gasteiger charge is 2.32. The van der Waals surface area contributed by atoms with Crippen LogP contribution in [-0.2, 0) is 0 Å². The molecule has 0 spiro atoms. The zero-order valence-corrected chi connectivity index (χ0v) is 22.4. The lowest BCUT2D eigenvalue weighted by Gasteiger charge is -2.26. The molecule has 0 amide bonds. The molecule has 2 atom stereocenters. The van der Waals surface area contributed by atoms with Gasteiger partial charge < -0.3 is 0 Å². The molecule has 0 fully saturated rings. The molecule has 2 aliphatic rings. The van der Waals surface area contributed by atoms with Gasteiger partial charge >= 0.3 is 0 Å². The van der Waals surface area contributed by atoms with Crippen molar-refractivity contribution in [2.75, 3.05) is 10.0 Å². The zero-order chi connectivity index (χ0) is 25.3. The summed E-state index contributed by atoms with van der Waals surface area (Å²) >= 11 is 3.51. The molecule has 0 saturated carbocycles. The first-order valence-electron chi connectivity index (χ1n) is 12.8. The largest absolute Gasteiger partial charge is 0.257 e. The predicted molar refractivity (Wildman–Crippen MR) is 161 cm³/mol. The predicted octanol–water partition coefficient (Wildman–Crippen LogP) is 8.52. The van der Waals surface area contributed by atoms with Crippen molar-refractivity contribution in [2.24, 2.45) is 10.2 Å². The second-order valence-electron chi connectivity index (χ2n) is 9.51. The maximum Gasteiger partial charge on any atom is 0.0832 e. The van der Waals surface area contributed by atoms with E-state index in [2.05, 4.69) is 130 Å². The highest BCUT2D eigenvalue weighted by atomic mass is 32.1. The van der Waals surface area contributed by atoms with Gasteiger partial charge in [-0.15, -0.1) is 22.7 Å². The van der Waals surface area contributed by atoms with E-state index in [1.807, 2.05) is 0 Å². The Kier molecular flexibility index (Phi) is 6.12. The van der Waals surface area contributed by atoms with E-state index < -0.39 is 0 Å². The Morgan fingerprint density at radius 3 is 1.29 bits per heavy atom. The molecular formula is C32H26N4S2. The minimum Gasteiger partial charge on any atom is -0.257 e. The molecule has 6 heteroatoms. The number of hydrogen-bond donors (Lipinski definition) is 0. The summed E-state index contributed by atoms with van der Waals surface area (Å²) in [5, 5.41) is 18.8. The summed E-state index contributed by atoms with van der Waals surface area (Å²) < 4.78 is 0. The second kappa shape index (κ2) is 10.0. The average molecular weight is 531 g/mol. The lowest BCUT2D eigenvalue weighted by molar-refractivity contribution is 0.696. The minimum atomic E-state index is 0.162. The zero-order valence-electron chi connectivity index (χ0n) is 20.7. The summed E-state index contributed by atoms with van der Waals surface area (Å²) in [5.74, 6) is 0. The maximum absolute atomic E-state index is 5.08. The van der Waals surface area contributed by atoms with Crippen molar-refractivity contribution in [3.05, 3.63) is 141 Å². The molecule has 0 N–H and O–H groups in total. The normalized spacial score (nSPS) is 19.1. The van der Waals surface area contributed by atoms with Crippen molar-refractivity contribution in [2.45, 2.75) is 24.9 Å². The first kappa shape index (κ1) is 23.1. The average Bonchev–Trinajstić information content (AvgIpc) is 3.80. The number of hydrazone groups is 2. The third kappa shape index (κ3) is 4.36. The van der Waals surface area contributed by atoms with Crippen molar-refractivity contribution in [3.63, 3.8) is 0 Å². The molecule has 2 aromatic heterocycles. The van der Waals surface area contributed by atoms with Crippen LogP contribution < -0.4 is 10.0 Å². The number of para-hydroxylation sites is 2. The number of hydrogen-bond acceptors (Lipinski definition) is 6. The molecule has 4 nitrogen and oxygen atoms in total. The third-order valence-corrected chi connectivity index (χ3v) is 9.02. The van der Waals surface area contributed by atoms with Crippen molar-refractivity contribution in [1.82, 2.24) is 0 Å². The topological polar surface area (TPSA) is 31.2 Å². The fourth-order valence-corrected chi connectivity index (χ4v) is 6.74. The Morgan fingerprint density at radius 2 is 0.921 bits per heavy atom. The van der Waals surface area contributed by atoms with Crippen LogP contribution in [0.2, 0.25) is 0 Å². The lowest BCUT2D eigenvalue weighted by atomic mass is 9.95. The summed E-state index contributed by atoms with van der Waals surface area (Å²) in [4.78, 5) is 2.49. The Morgan fingerprint density at radius 1 is 0.500 bits per heavy atom. The van der Waals surface area contributed by atoms with Gasteiger partial charge in [0.25, 0.3) is 0 Å². The molecule has 3 aromatic carbocycles. The molecule has 186 valence electrons. The van der Waals surface area contributed by atoms with E-state index in [1.54, 1.807) is 22.7 Å². The van der Waals surface area contributed by atoms with Gasteiger partial charge in [-0.2, -0.15) is 10.2 Å².